The Labute approximate surface area is 580 Å². The minimum atomic E-state index is -0.297. The van der Waals surface area contributed by atoms with Crippen molar-refractivity contribution in [1.82, 2.24) is 0 Å². The zero-order valence-corrected chi connectivity index (χ0v) is 61.1. The molecular formula is C93H98BN3. The highest BCUT2D eigenvalue weighted by Gasteiger charge is 2.59. The van der Waals surface area contributed by atoms with E-state index in [-0.39, 0.29) is 55.6 Å². The number of rotatable bonds is 5. The van der Waals surface area contributed by atoms with Crippen molar-refractivity contribution in [2.24, 2.45) is 0 Å². The van der Waals surface area contributed by atoms with Gasteiger partial charge in [0, 0.05) is 72.5 Å². The van der Waals surface area contributed by atoms with Crippen LogP contribution in [0.3, 0.4) is 0 Å². The number of hydrogen-bond donors (Lipinski definition) is 0. The van der Waals surface area contributed by atoms with Crippen LogP contribution in [0.2, 0.25) is 0 Å². The van der Waals surface area contributed by atoms with Gasteiger partial charge in [0.15, 0.2) is 0 Å². The summed E-state index contributed by atoms with van der Waals surface area (Å²) in [6.45, 7) is 44.8. The molecular weight excluding hydrogens is 1170 g/mol. The Hall–Kier alpha value is -8.34. The van der Waals surface area contributed by atoms with Crippen LogP contribution in [0.4, 0.5) is 45.5 Å². The lowest BCUT2D eigenvalue weighted by Crippen LogP contribution is -2.62. The first-order valence-corrected chi connectivity index (χ1v) is 36.6. The third-order valence-corrected chi connectivity index (χ3v) is 26.6. The number of aryl methyl sites for hydroxylation is 1. The first kappa shape index (κ1) is 62.2. The van der Waals surface area contributed by atoms with Crippen LogP contribution in [0.5, 0.6) is 0 Å². The molecule has 0 amide bonds. The molecule has 4 aliphatic carbocycles. The van der Waals surface area contributed by atoms with Crippen LogP contribution in [0.1, 0.15) is 229 Å². The average molecular weight is 1270 g/mol. The maximum atomic E-state index is 2.89. The molecule has 3 heterocycles. The standard InChI is InChI=1S/C93H98BN3/c1-57-47-70-72(90(13,14)66-37-27-25-35-64(66)88(70,9)10)55-79(57)96-80-54-69-68(86(5,6)45-46-87(69,7)8)52-75(80)94-76-53-71-73(91(15,16)67-38-28-26-36-65(67)89(71,11)12)56-81(76)95(77-42-40-61(85(2,3)4)49-63(77)59-33-23-20-24-34-59)82-50-62(51-83(96)84(82)94)97-78-41-39-60(58-31-21-19-22-32-58)48-74(78)92(17)43-29-30-44-93(92,97)18/h19-28,31-42,47-56H,29-30,43-46H2,1-18H3. The second-order valence-electron chi connectivity index (χ2n) is 35.6. The molecule has 2 atom stereocenters. The van der Waals surface area contributed by atoms with Gasteiger partial charge in [-0.15, -0.1) is 0 Å². The summed E-state index contributed by atoms with van der Waals surface area (Å²) in [4.78, 5) is 8.54. The SMILES string of the molecule is Cc1cc2c(cc1N1c3cc4c(cc3B3c5cc6c(cc5N(c5ccc(C(C)(C)C)cc5-c5ccccc5)c5cc(N7c8ccc(-c9ccccc9)cc8C8(C)CCCCC78C)cc1c53)C(C)(C)c1ccccc1C6(C)C)C(C)(C)CCC4(C)C)C(C)(C)c1ccccc1C2(C)C. The highest BCUT2D eigenvalue weighted by Crippen LogP contribution is 2.64. The van der Waals surface area contributed by atoms with Crippen LogP contribution in [0.25, 0.3) is 22.3 Å². The van der Waals surface area contributed by atoms with Crippen molar-refractivity contribution in [3.63, 3.8) is 0 Å². The molecule has 1 saturated carbocycles. The van der Waals surface area contributed by atoms with E-state index in [9.17, 15) is 0 Å². The average Bonchev–Trinajstić information content (AvgIpc) is 1.54. The molecule has 3 nitrogen and oxygen atoms in total. The zero-order valence-electron chi connectivity index (χ0n) is 61.1. The number of fused-ring (bicyclic) bond motifs is 12. The Bertz CT molecular complexity index is 4990. The Kier molecular flexibility index (Phi) is 13.1. The molecule has 7 aliphatic rings. The molecule has 3 aliphatic heterocycles. The third kappa shape index (κ3) is 8.53. The van der Waals surface area contributed by atoms with Crippen LogP contribution in [-0.2, 0) is 43.3 Å². The highest BCUT2D eigenvalue weighted by molar-refractivity contribution is 7.00. The van der Waals surface area contributed by atoms with Crippen LogP contribution in [0.15, 0.2) is 194 Å². The van der Waals surface area contributed by atoms with Crippen molar-refractivity contribution in [3.8, 4) is 22.3 Å². The molecule has 4 heteroatoms. The van der Waals surface area contributed by atoms with Gasteiger partial charge in [0.1, 0.15) is 0 Å². The Balaban J connectivity index is 1.05. The topological polar surface area (TPSA) is 9.72 Å². The lowest BCUT2D eigenvalue weighted by atomic mass is 9.32. The maximum Gasteiger partial charge on any atom is 0.252 e. The second kappa shape index (κ2) is 20.4. The lowest BCUT2D eigenvalue weighted by molar-refractivity contribution is 0.195. The van der Waals surface area contributed by atoms with E-state index >= 15 is 0 Å². The van der Waals surface area contributed by atoms with Crippen molar-refractivity contribution in [2.45, 2.75) is 212 Å². The molecule has 10 aromatic carbocycles. The zero-order chi connectivity index (χ0) is 67.8. The van der Waals surface area contributed by atoms with Gasteiger partial charge in [-0.2, -0.15) is 0 Å². The molecule has 0 spiro atoms. The normalized spacial score (nSPS) is 21.8. The fraction of sp³-hybridized carbons (Fsp3) is 0.355. The van der Waals surface area contributed by atoms with E-state index in [2.05, 4.69) is 333 Å². The van der Waals surface area contributed by atoms with Crippen LogP contribution in [0, 0.1) is 6.92 Å². The van der Waals surface area contributed by atoms with E-state index < -0.39 is 0 Å². The molecule has 17 rings (SSSR count). The van der Waals surface area contributed by atoms with E-state index in [0.29, 0.717) is 0 Å². The number of anilines is 8. The summed E-state index contributed by atoms with van der Waals surface area (Å²) in [6, 6.07) is 77.9. The van der Waals surface area contributed by atoms with Crippen LogP contribution in [-0.4, -0.2) is 12.3 Å². The first-order valence-electron chi connectivity index (χ1n) is 36.6. The van der Waals surface area contributed by atoms with Gasteiger partial charge >= 0.3 is 0 Å². The second-order valence-corrected chi connectivity index (χ2v) is 35.6. The molecule has 0 saturated heterocycles. The third-order valence-electron chi connectivity index (χ3n) is 26.6. The van der Waals surface area contributed by atoms with Gasteiger partial charge in [-0.25, -0.2) is 0 Å². The van der Waals surface area contributed by atoms with Gasteiger partial charge in [-0.05, 0) is 216 Å². The maximum absolute atomic E-state index is 2.89. The smallest absolute Gasteiger partial charge is 0.252 e. The summed E-state index contributed by atoms with van der Waals surface area (Å²) in [5, 5.41) is 0. The van der Waals surface area contributed by atoms with Crippen molar-refractivity contribution < 1.29 is 0 Å². The minimum Gasteiger partial charge on any atom is -0.334 e. The summed E-state index contributed by atoms with van der Waals surface area (Å²) in [7, 11) is 0. The van der Waals surface area contributed by atoms with Gasteiger partial charge < -0.3 is 14.7 Å². The fourth-order valence-corrected chi connectivity index (χ4v) is 20.5. The van der Waals surface area contributed by atoms with Crippen LogP contribution >= 0.6 is 0 Å². The lowest BCUT2D eigenvalue weighted by Gasteiger charge is -2.52. The predicted molar refractivity (Wildman–Crippen MR) is 414 cm³/mol. The summed E-state index contributed by atoms with van der Waals surface area (Å²) in [5.74, 6) is 0. The fourth-order valence-electron chi connectivity index (χ4n) is 20.5. The van der Waals surface area contributed by atoms with Crippen molar-refractivity contribution in [3.05, 3.63) is 266 Å². The van der Waals surface area contributed by atoms with E-state index in [1.807, 2.05) is 0 Å². The Morgan fingerprint density at radius 3 is 1.33 bits per heavy atom. The molecule has 0 aromatic heterocycles. The summed E-state index contributed by atoms with van der Waals surface area (Å²) in [6.07, 6.45) is 6.88. The van der Waals surface area contributed by atoms with Crippen molar-refractivity contribution in [1.29, 1.82) is 0 Å². The van der Waals surface area contributed by atoms with Crippen molar-refractivity contribution >= 4 is 68.6 Å². The van der Waals surface area contributed by atoms with Crippen LogP contribution < -0.4 is 31.1 Å². The van der Waals surface area contributed by atoms with Gasteiger partial charge in [0.05, 0.1) is 11.2 Å². The summed E-state index contributed by atoms with van der Waals surface area (Å²) >= 11 is 0. The van der Waals surface area contributed by atoms with E-state index in [1.54, 1.807) is 0 Å². The summed E-state index contributed by atoms with van der Waals surface area (Å²) in [5.41, 5.74) is 36.2. The van der Waals surface area contributed by atoms with E-state index in [1.165, 1.54) is 169 Å². The van der Waals surface area contributed by atoms with Gasteiger partial charge in [0.25, 0.3) is 6.71 Å². The molecule has 0 radical (unpaired) electrons. The van der Waals surface area contributed by atoms with E-state index in [4.69, 9.17) is 0 Å². The predicted octanol–water partition coefficient (Wildman–Crippen LogP) is 22.7. The molecule has 0 bridgehead atoms. The minimum absolute atomic E-state index is 0.0392. The van der Waals surface area contributed by atoms with Gasteiger partial charge in [-0.1, -0.05) is 263 Å². The number of benzene rings is 10. The molecule has 0 N–H and O–H groups in total. The Morgan fingerprint density at radius 1 is 0.340 bits per heavy atom. The quantitative estimate of drug-likeness (QED) is 0.159. The number of hydrogen-bond acceptors (Lipinski definition) is 3. The number of nitrogens with zero attached hydrogens (tertiary/aromatic N) is 3. The monoisotopic (exact) mass is 1270 g/mol. The molecule has 10 aromatic rings. The molecule has 2 unspecified atom stereocenters. The summed E-state index contributed by atoms with van der Waals surface area (Å²) < 4.78 is 0. The van der Waals surface area contributed by atoms with Gasteiger partial charge in [-0.3, -0.25) is 0 Å². The highest BCUT2D eigenvalue weighted by atomic mass is 15.3. The van der Waals surface area contributed by atoms with Crippen molar-refractivity contribution in [2.75, 3.05) is 14.7 Å². The first-order chi connectivity index (χ1) is 45.9. The largest absolute Gasteiger partial charge is 0.334 e. The molecule has 1 fully saturated rings. The van der Waals surface area contributed by atoms with Gasteiger partial charge in [0.2, 0.25) is 0 Å². The Morgan fingerprint density at radius 2 is 0.784 bits per heavy atom. The molecule has 97 heavy (non-hydrogen) atoms. The van der Waals surface area contributed by atoms with E-state index in [0.717, 1.165) is 25.7 Å². The molecule has 488 valence electrons.